The number of carbonyl (C=O) groups is 1. The van der Waals surface area contributed by atoms with Crippen molar-refractivity contribution >= 4 is 11.6 Å². The first-order valence-electron chi connectivity index (χ1n) is 6.34. The zero-order valence-electron chi connectivity index (χ0n) is 11.1. The molecular formula is C15H16FN3O. The number of nitrogens with zero attached hydrogens (tertiary/aromatic N) is 1. The van der Waals surface area contributed by atoms with Gasteiger partial charge in [0, 0.05) is 24.1 Å². The minimum absolute atomic E-state index is 0.0527. The van der Waals surface area contributed by atoms with Gasteiger partial charge >= 0.3 is 0 Å². The molecule has 0 saturated heterocycles. The van der Waals surface area contributed by atoms with Gasteiger partial charge in [-0.25, -0.2) is 4.39 Å². The van der Waals surface area contributed by atoms with Gasteiger partial charge in [0.05, 0.1) is 6.54 Å². The van der Waals surface area contributed by atoms with Gasteiger partial charge in [0.2, 0.25) is 5.91 Å². The number of pyridine rings is 1. The number of carbonyl (C=O) groups excluding carboxylic acids is 1. The largest absolute Gasteiger partial charge is 0.325 e. The lowest BCUT2D eigenvalue weighted by Crippen LogP contribution is -2.30. The smallest absolute Gasteiger partial charge is 0.238 e. The number of benzene rings is 1. The van der Waals surface area contributed by atoms with Crippen molar-refractivity contribution in [3.05, 3.63) is 60.2 Å². The molecule has 1 aromatic carbocycles. The molecule has 0 spiro atoms. The van der Waals surface area contributed by atoms with Crippen LogP contribution in [0.3, 0.4) is 0 Å². The number of hydrogen-bond acceptors (Lipinski definition) is 3. The van der Waals surface area contributed by atoms with Gasteiger partial charge in [0.15, 0.2) is 0 Å². The van der Waals surface area contributed by atoms with E-state index in [1.54, 1.807) is 12.4 Å². The molecule has 2 rings (SSSR count). The van der Waals surface area contributed by atoms with Crippen LogP contribution < -0.4 is 10.6 Å². The third-order valence-electron chi connectivity index (χ3n) is 2.90. The van der Waals surface area contributed by atoms with E-state index >= 15 is 0 Å². The molecule has 0 saturated carbocycles. The molecule has 0 bridgehead atoms. The average molecular weight is 273 g/mol. The Morgan fingerprint density at radius 3 is 2.50 bits per heavy atom. The fraction of sp³-hybridized carbons (Fsp3) is 0.200. The Balaban J connectivity index is 1.82. The van der Waals surface area contributed by atoms with E-state index in [-0.39, 0.29) is 24.3 Å². The van der Waals surface area contributed by atoms with Crippen molar-refractivity contribution < 1.29 is 9.18 Å². The Bertz CT molecular complexity index is 557. The fourth-order valence-electron chi connectivity index (χ4n) is 1.75. The van der Waals surface area contributed by atoms with Crippen molar-refractivity contribution in [3.8, 4) is 0 Å². The number of amides is 1. The van der Waals surface area contributed by atoms with E-state index < -0.39 is 0 Å². The normalized spacial score (nSPS) is 11.9. The highest BCUT2D eigenvalue weighted by atomic mass is 19.1. The highest BCUT2D eigenvalue weighted by molar-refractivity contribution is 5.92. The summed E-state index contributed by atoms with van der Waals surface area (Å²) in [5, 5.41) is 5.81. The standard InChI is InChI=1S/C15H16FN3O/c1-11(12-6-8-17-9-7-12)18-10-15(20)19-14-4-2-13(16)3-5-14/h2-9,11,18H,10H2,1H3,(H,19,20)/t11-/m0/s1. The highest BCUT2D eigenvalue weighted by Gasteiger charge is 2.07. The summed E-state index contributed by atoms with van der Waals surface area (Å²) >= 11 is 0. The van der Waals surface area contributed by atoms with Crippen molar-refractivity contribution in [3.63, 3.8) is 0 Å². The quantitative estimate of drug-likeness (QED) is 0.880. The summed E-state index contributed by atoms with van der Waals surface area (Å²) in [7, 11) is 0. The molecule has 0 fully saturated rings. The second-order valence-corrected chi connectivity index (χ2v) is 4.44. The highest BCUT2D eigenvalue weighted by Crippen LogP contribution is 2.10. The van der Waals surface area contributed by atoms with Crippen LogP contribution in [-0.4, -0.2) is 17.4 Å². The molecular weight excluding hydrogens is 257 g/mol. The van der Waals surface area contributed by atoms with E-state index in [2.05, 4.69) is 15.6 Å². The lowest BCUT2D eigenvalue weighted by atomic mass is 10.1. The summed E-state index contributed by atoms with van der Waals surface area (Å²) in [5.41, 5.74) is 1.64. The van der Waals surface area contributed by atoms with Crippen LogP contribution in [0.2, 0.25) is 0 Å². The van der Waals surface area contributed by atoms with E-state index in [0.29, 0.717) is 5.69 Å². The first kappa shape index (κ1) is 14.1. The lowest BCUT2D eigenvalue weighted by Gasteiger charge is -2.13. The van der Waals surface area contributed by atoms with Gasteiger partial charge < -0.3 is 10.6 Å². The van der Waals surface area contributed by atoms with E-state index in [9.17, 15) is 9.18 Å². The Morgan fingerprint density at radius 1 is 1.20 bits per heavy atom. The number of halogens is 1. The maximum absolute atomic E-state index is 12.7. The fourth-order valence-corrected chi connectivity index (χ4v) is 1.75. The Hall–Kier alpha value is -2.27. The Kier molecular flexibility index (Phi) is 4.79. The van der Waals surface area contributed by atoms with Gasteiger partial charge in [-0.05, 0) is 48.9 Å². The van der Waals surface area contributed by atoms with Gasteiger partial charge in [0.1, 0.15) is 5.82 Å². The number of anilines is 1. The summed E-state index contributed by atoms with van der Waals surface area (Å²) in [6.07, 6.45) is 3.43. The molecule has 2 N–H and O–H groups in total. The zero-order chi connectivity index (χ0) is 14.4. The van der Waals surface area contributed by atoms with Crippen molar-refractivity contribution in [2.45, 2.75) is 13.0 Å². The molecule has 1 heterocycles. The molecule has 1 atom stereocenters. The van der Waals surface area contributed by atoms with Crippen molar-refractivity contribution in [1.29, 1.82) is 0 Å². The predicted octanol–water partition coefficient (Wildman–Crippen LogP) is 2.51. The van der Waals surface area contributed by atoms with Crippen LogP contribution >= 0.6 is 0 Å². The topological polar surface area (TPSA) is 54.0 Å². The monoisotopic (exact) mass is 273 g/mol. The molecule has 20 heavy (non-hydrogen) atoms. The van der Waals surface area contributed by atoms with E-state index in [1.807, 2.05) is 19.1 Å². The molecule has 0 radical (unpaired) electrons. The summed E-state index contributed by atoms with van der Waals surface area (Å²) in [4.78, 5) is 15.7. The van der Waals surface area contributed by atoms with Crippen LogP contribution in [0.5, 0.6) is 0 Å². The molecule has 0 aliphatic rings. The number of rotatable bonds is 5. The Labute approximate surface area is 117 Å². The number of aromatic nitrogens is 1. The third-order valence-corrected chi connectivity index (χ3v) is 2.90. The molecule has 0 unspecified atom stereocenters. The predicted molar refractivity (Wildman–Crippen MR) is 75.7 cm³/mol. The van der Waals surface area contributed by atoms with Crippen LogP contribution in [0, 0.1) is 5.82 Å². The molecule has 104 valence electrons. The summed E-state index contributed by atoms with van der Waals surface area (Å²) < 4.78 is 12.7. The molecule has 5 heteroatoms. The summed E-state index contributed by atoms with van der Waals surface area (Å²) in [6, 6.07) is 9.52. The average Bonchev–Trinajstić information content (AvgIpc) is 2.48. The van der Waals surface area contributed by atoms with Gasteiger partial charge in [0.25, 0.3) is 0 Å². The summed E-state index contributed by atoms with van der Waals surface area (Å²) in [6.45, 7) is 2.15. The van der Waals surface area contributed by atoms with Gasteiger partial charge in [-0.1, -0.05) is 0 Å². The van der Waals surface area contributed by atoms with Crippen LogP contribution in [0.15, 0.2) is 48.8 Å². The second-order valence-electron chi connectivity index (χ2n) is 4.44. The first-order valence-corrected chi connectivity index (χ1v) is 6.34. The van der Waals surface area contributed by atoms with Crippen LogP contribution in [-0.2, 0) is 4.79 Å². The van der Waals surface area contributed by atoms with Crippen molar-refractivity contribution in [2.24, 2.45) is 0 Å². The summed E-state index contributed by atoms with van der Waals surface area (Å²) in [5.74, 6) is -0.495. The minimum Gasteiger partial charge on any atom is -0.325 e. The SMILES string of the molecule is C[C@H](NCC(=O)Nc1ccc(F)cc1)c1ccncc1. The van der Waals surface area contributed by atoms with E-state index in [1.165, 1.54) is 24.3 Å². The van der Waals surface area contributed by atoms with Gasteiger partial charge in [-0.2, -0.15) is 0 Å². The molecule has 1 amide bonds. The van der Waals surface area contributed by atoms with E-state index in [4.69, 9.17) is 0 Å². The minimum atomic E-state index is -0.326. The molecule has 2 aromatic rings. The number of hydrogen-bond donors (Lipinski definition) is 2. The molecule has 0 aliphatic heterocycles. The molecule has 0 aliphatic carbocycles. The maximum atomic E-state index is 12.7. The number of nitrogens with one attached hydrogen (secondary N) is 2. The molecule has 1 aromatic heterocycles. The molecule has 4 nitrogen and oxygen atoms in total. The maximum Gasteiger partial charge on any atom is 0.238 e. The van der Waals surface area contributed by atoms with Crippen LogP contribution in [0.4, 0.5) is 10.1 Å². The van der Waals surface area contributed by atoms with E-state index in [0.717, 1.165) is 5.56 Å². The van der Waals surface area contributed by atoms with Gasteiger partial charge in [-0.3, -0.25) is 9.78 Å². The Morgan fingerprint density at radius 2 is 1.85 bits per heavy atom. The second kappa shape index (κ2) is 6.77. The first-order chi connectivity index (χ1) is 9.65. The van der Waals surface area contributed by atoms with Crippen LogP contribution in [0.1, 0.15) is 18.5 Å². The van der Waals surface area contributed by atoms with Crippen molar-refractivity contribution in [2.75, 3.05) is 11.9 Å². The van der Waals surface area contributed by atoms with Crippen molar-refractivity contribution in [1.82, 2.24) is 10.3 Å². The third kappa shape index (κ3) is 4.13. The van der Waals surface area contributed by atoms with Gasteiger partial charge in [-0.15, -0.1) is 0 Å². The zero-order valence-corrected chi connectivity index (χ0v) is 11.1. The lowest BCUT2D eigenvalue weighted by molar-refractivity contribution is -0.115. The van der Waals surface area contributed by atoms with Crippen LogP contribution in [0.25, 0.3) is 0 Å².